The molecule has 124 valence electrons. The molecule has 3 aliphatic rings. The molecule has 0 aromatic rings. The summed E-state index contributed by atoms with van der Waals surface area (Å²) >= 11 is 0. The molecule has 0 aromatic heterocycles. The summed E-state index contributed by atoms with van der Waals surface area (Å²) < 4.78 is 34.7. The third kappa shape index (κ3) is 2.68. The lowest BCUT2D eigenvalue weighted by Crippen LogP contribution is -2.60. The molecule has 0 aromatic carbocycles. The van der Waals surface area contributed by atoms with E-state index in [1.807, 2.05) is 13.8 Å². The smallest absolute Gasteiger partial charge is 0.330 e. The third-order valence-electron chi connectivity index (χ3n) is 3.86. The molecule has 22 heavy (non-hydrogen) atoms. The van der Waals surface area contributed by atoms with E-state index in [0.29, 0.717) is 0 Å². The van der Waals surface area contributed by atoms with Crippen LogP contribution >= 0.6 is 0 Å². The van der Waals surface area contributed by atoms with Crippen LogP contribution in [0.3, 0.4) is 0 Å². The van der Waals surface area contributed by atoms with Gasteiger partial charge in [0.25, 0.3) is 0 Å². The predicted molar refractivity (Wildman–Crippen MR) is 73.7 cm³/mol. The van der Waals surface area contributed by atoms with Crippen LogP contribution in [0, 0.1) is 0 Å². The molecule has 7 heteroatoms. The zero-order chi connectivity index (χ0) is 16.2. The van der Waals surface area contributed by atoms with Crippen molar-refractivity contribution in [2.75, 3.05) is 13.2 Å². The summed E-state index contributed by atoms with van der Waals surface area (Å²) in [6.07, 6.45) is -0.0643. The zero-order valence-electron chi connectivity index (χ0n) is 13.3. The van der Waals surface area contributed by atoms with E-state index < -0.39 is 29.4 Å². The Kier molecular flexibility index (Phi) is 3.61. The molecule has 3 saturated heterocycles. The number of carbonyl (C=O) groups is 1. The molecule has 0 saturated carbocycles. The second kappa shape index (κ2) is 5.01. The number of ether oxygens (including phenoxy) is 6. The van der Waals surface area contributed by atoms with Crippen LogP contribution in [-0.4, -0.2) is 54.9 Å². The SMILES string of the molecule is C=CC(=O)OC[C@]12OC[C@@H]3OC(C)(C)O[C@@H]3[C@H]1OC(C)(C)O2. The van der Waals surface area contributed by atoms with Crippen LogP contribution < -0.4 is 0 Å². The summed E-state index contributed by atoms with van der Waals surface area (Å²) in [4.78, 5) is 11.4. The van der Waals surface area contributed by atoms with Crippen LogP contribution in [0.15, 0.2) is 12.7 Å². The highest BCUT2D eigenvalue weighted by atomic mass is 16.9. The molecular formula is C15H22O7. The van der Waals surface area contributed by atoms with Crippen molar-refractivity contribution in [3.8, 4) is 0 Å². The number of hydrogen-bond donors (Lipinski definition) is 0. The second-order valence-electron chi connectivity index (χ2n) is 6.61. The fourth-order valence-electron chi connectivity index (χ4n) is 3.18. The first-order valence-corrected chi connectivity index (χ1v) is 7.33. The van der Waals surface area contributed by atoms with E-state index in [0.717, 1.165) is 6.08 Å². The zero-order valence-corrected chi connectivity index (χ0v) is 13.3. The summed E-state index contributed by atoms with van der Waals surface area (Å²) in [6, 6.07) is 0. The van der Waals surface area contributed by atoms with Gasteiger partial charge in [-0.15, -0.1) is 0 Å². The first-order valence-electron chi connectivity index (χ1n) is 7.33. The Labute approximate surface area is 129 Å². The van der Waals surface area contributed by atoms with Crippen LogP contribution in [-0.2, 0) is 33.2 Å². The first kappa shape index (κ1) is 15.9. The summed E-state index contributed by atoms with van der Waals surface area (Å²) in [5.41, 5.74) is 0. The Morgan fingerprint density at radius 1 is 1.23 bits per heavy atom. The van der Waals surface area contributed by atoms with E-state index in [9.17, 15) is 4.79 Å². The molecule has 0 amide bonds. The molecule has 3 heterocycles. The number of hydrogen-bond acceptors (Lipinski definition) is 7. The van der Waals surface area contributed by atoms with E-state index in [-0.39, 0.29) is 25.4 Å². The Balaban J connectivity index is 1.84. The monoisotopic (exact) mass is 314 g/mol. The average molecular weight is 314 g/mol. The van der Waals surface area contributed by atoms with Gasteiger partial charge in [0.05, 0.1) is 6.61 Å². The second-order valence-corrected chi connectivity index (χ2v) is 6.61. The molecule has 3 aliphatic heterocycles. The molecule has 0 bridgehead atoms. The van der Waals surface area contributed by atoms with Gasteiger partial charge in [-0.1, -0.05) is 6.58 Å². The van der Waals surface area contributed by atoms with Gasteiger partial charge in [0.2, 0.25) is 5.79 Å². The maximum Gasteiger partial charge on any atom is 0.330 e. The van der Waals surface area contributed by atoms with Gasteiger partial charge < -0.3 is 28.4 Å². The van der Waals surface area contributed by atoms with E-state index in [1.165, 1.54) is 0 Å². The molecule has 0 radical (unpaired) electrons. The molecule has 7 nitrogen and oxygen atoms in total. The Hall–Kier alpha value is -0.990. The maximum atomic E-state index is 11.4. The molecule has 3 fully saturated rings. The van der Waals surface area contributed by atoms with Gasteiger partial charge in [-0.2, -0.15) is 0 Å². The normalized spacial score (nSPS) is 41.5. The van der Waals surface area contributed by atoms with Crippen LogP contribution in [0.1, 0.15) is 27.7 Å². The predicted octanol–water partition coefficient (Wildman–Crippen LogP) is 1.11. The lowest BCUT2D eigenvalue weighted by molar-refractivity contribution is -0.295. The van der Waals surface area contributed by atoms with Crippen molar-refractivity contribution in [2.45, 2.75) is 63.4 Å². The molecule has 3 rings (SSSR count). The Morgan fingerprint density at radius 2 is 1.95 bits per heavy atom. The maximum absolute atomic E-state index is 11.4. The fourth-order valence-corrected chi connectivity index (χ4v) is 3.18. The van der Waals surface area contributed by atoms with E-state index in [1.54, 1.807) is 13.8 Å². The van der Waals surface area contributed by atoms with Crippen LogP contribution in [0.5, 0.6) is 0 Å². The van der Waals surface area contributed by atoms with Crippen molar-refractivity contribution in [2.24, 2.45) is 0 Å². The largest absolute Gasteiger partial charge is 0.457 e. The van der Waals surface area contributed by atoms with Crippen molar-refractivity contribution >= 4 is 5.97 Å². The summed E-state index contributed by atoms with van der Waals surface area (Å²) in [7, 11) is 0. The van der Waals surface area contributed by atoms with Gasteiger partial charge in [0.1, 0.15) is 24.9 Å². The standard InChI is InChI=1S/C15H22O7/c1-6-10(16)17-8-15-12(21-14(4,5)22-15)11-9(7-18-15)19-13(2,3)20-11/h6,9,11-12H,1,7-8H2,2-5H3/t9-,11-,12+,15+/m0/s1. The topological polar surface area (TPSA) is 72.5 Å². The minimum absolute atomic E-state index is 0.0983. The number of fused-ring (bicyclic) bond motifs is 3. The van der Waals surface area contributed by atoms with Crippen molar-refractivity contribution in [1.29, 1.82) is 0 Å². The van der Waals surface area contributed by atoms with Gasteiger partial charge >= 0.3 is 5.97 Å². The third-order valence-corrected chi connectivity index (χ3v) is 3.86. The van der Waals surface area contributed by atoms with Crippen molar-refractivity contribution in [1.82, 2.24) is 0 Å². The molecular weight excluding hydrogens is 292 g/mol. The highest BCUT2D eigenvalue weighted by molar-refractivity contribution is 5.81. The number of rotatable bonds is 3. The lowest BCUT2D eigenvalue weighted by atomic mass is 9.97. The lowest BCUT2D eigenvalue weighted by Gasteiger charge is -2.40. The Bertz CT molecular complexity index is 486. The van der Waals surface area contributed by atoms with Gasteiger partial charge in [0.15, 0.2) is 11.6 Å². The molecule has 0 spiro atoms. The molecule has 4 atom stereocenters. The van der Waals surface area contributed by atoms with E-state index in [4.69, 9.17) is 28.4 Å². The molecule has 0 unspecified atom stereocenters. The van der Waals surface area contributed by atoms with Crippen LogP contribution in [0.25, 0.3) is 0 Å². The van der Waals surface area contributed by atoms with Gasteiger partial charge in [-0.3, -0.25) is 0 Å². The van der Waals surface area contributed by atoms with E-state index >= 15 is 0 Å². The highest BCUT2D eigenvalue weighted by Gasteiger charge is 2.65. The highest BCUT2D eigenvalue weighted by Crippen LogP contribution is 2.47. The van der Waals surface area contributed by atoms with Crippen molar-refractivity contribution in [3.05, 3.63) is 12.7 Å². The minimum Gasteiger partial charge on any atom is -0.457 e. The van der Waals surface area contributed by atoms with Gasteiger partial charge in [-0.05, 0) is 27.7 Å². The summed E-state index contributed by atoms with van der Waals surface area (Å²) in [5.74, 6) is -3.34. The summed E-state index contributed by atoms with van der Waals surface area (Å²) in [6.45, 7) is 10.8. The van der Waals surface area contributed by atoms with Gasteiger partial charge in [0, 0.05) is 6.08 Å². The minimum atomic E-state index is -1.20. The van der Waals surface area contributed by atoms with E-state index in [2.05, 4.69) is 6.58 Å². The van der Waals surface area contributed by atoms with Crippen LogP contribution in [0.4, 0.5) is 0 Å². The number of esters is 1. The Morgan fingerprint density at radius 3 is 2.64 bits per heavy atom. The first-order chi connectivity index (χ1) is 10.2. The van der Waals surface area contributed by atoms with Gasteiger partial charge in [-0.25, -0.2) is 4.79 Å². The quantitative estimate of drug-likeness (QED) is 0.571. The summed E-state index contributed by atoms with van der Waals surface area (Å²) in [5, 5.41) is 0. The number of carbonyl (C=O) groups excluding carboxylic acids is 1. The van der Waals surface area contributed by atoms with Crippen molar-refractivity contribution < 1.29 is 33.2 Å². The fraction of sp³-hybridized carbons (Fsp3) is 0.800. The van der Waals surface area contributed by atoms with Crippen molar-refractivity contribution in [3.63, 3.8) is 0 Å². The molecule has 0 N–H and O–H groups in total. The van der Waals surface area contributed by atoms with Crippen LogP contribution in [0.2, 0.25) is 0 Å². The average Bonchev–Trinajstić information content (AvgIpc) is 2.87. The molecule has 0 aliphatic carbocycles.